The number of piperazine rings is 1. The van der Waals surface area contributed by atoms with Gasteiger partial charge in [-0.2, -0.15) is 0 Å². The molecule has 0 radical (unpaired) electrons. The highest BCUT2D eigenvalue weighted by molar-refractivity contribution is 5.82. The maximum atomic E-state index is 12.8. The summed E-state index contributed by atoms with van der Waals surface area (Å²) < 4.78 is 0. The second-order valence-corrected chi connectivity index (χ2v) is 7.12. The number of aliphatic hydroxyl groups excluding tert-OH is 1. The molecule has 1 amide bonds. The second-order valence-electron chi connectivity index (χ2n) is 7.12. The van der Waals surface area contributed by atoms with Crippen LogP contribution in [0.1, 0.15) is 45.4 Å². The van der Waals surface area contributed by atoms with Gasteiger partial charge in [0.15, 0.2) is 0 Å². The van der Waals surface area contributed by atoms with Gasteiger partial charge in [-0.3, -0.25) is 14.6 Å². The molecule has 2 aliphatic heterocycles. The Morgan fingerprint density at radius 3 is 2.45 bits per heavy atom. The van der Waals surface area contributed by atoms with Crippen molar-refractivity contribution in [3.8, 4) is 0 Å². The zero-order valence-electron chi connectivity index (χ0n) is 13.9. The lowest BCUT2D eigenvalue weighted by Gasteiger charge is -2.40. The van der Waals surface area contributed by atoms with Gasteiger partial charge in [0, 0.05) is 32.2 Å². The van der Waals surface area contributed by atoms with Crippen molar-refractivity contribution in [1.82, 2.24) is 14.7 Å². The van der Waals surface area contributed by atoms with Gasteiger partial charge >= 0.3 is 0 Å². The largest absolute Gasteiger partial charge is 0.391 e. The van der Waals surface area contributed by atoms with E-state index in [4.69, 9.17) is 0 Å². The van der Waals surface area contributed by atoms with E-state index >= 15 is 0 Å². The fourth-order valence-corrected chi connectivity index (χ4v) is 4.49. The van der Waals surface area contributed by atoms with E-state index < -0.39 is 0 Å². The summed E-state index contributed by atoms with van der Waals surface area (Å²) in [5.41, 5.74) is 0. The van der Waals surface area contributed by atoms with E-state index in [1.54, 1.807) is 0 Å². The minimum Gasteiger partial charge on any atom is -0.391 e. The van der Waals surface area contributed by atoms with Crippen LogP contribution in [0, 0.1) is 0 Å². The van der Waals surface area contributed by atoms with Crippen molar-refractivity contribution in [3.05, 3.63) is 0 Å². The van der Waals surface area contributed by atoms with Gasteiger partial charge in [-0.05, 0) is 51.6 Å². The highest BCUT2D eigenvalue weighted by Crippen LogP contribution is 2.26. The summed E-state index contributed by atoms with van der Waals surface area (Å²) in [6, 6.07) is 0.462. The van der Waals surface area contributed by atoms with E-state index in [-0.39, 0.29) is 12.1 Å². The Hall–Kier alpha value is -0.650. The molecule has 1 saturated carbocycles. The highest BCUT2D eigenvalue weighted by Gasteiger charge is 2.37. The average molecular weight is 309 g/mol. The van der Waals surface area contributed by atoms with Crippen molar-refractivity contribution in [2.24, 2.45) is 0 Å². The fourth-order valence-electron chi connectivity index (χ4n) is 4.49. The Kier molecular flexibility index (Phi) is 5.37. The number of likely N-dealkylation sites (tertiary alicyclic amines) is 1. The molecular weight excluding hydrogens is 278 g/mol. The molecule has 22 heavy (non-hydrogen) atoms. The molecular formula is C17H31N3O2. The lowest BCUT2D eigenvalue weighted by atomic mass is 10.1. The third-order valence-electron chi connectivity index (χ3n) is 5.70. The van der Waals surface area contributed by atoms with E-state index in [0.717, 1.165) is 77.8 Å². The van der Waals surface area contributed by atoms with Crippen molar-refractivity contribution in [2.75, 3.05) is 39.3 Å². The maximum absolute atomic E-state index is 12.8. The van der Waals surface area contributed by atoms with Crippen molar-refractivity contribution >= 4 is 5.91 Å². The van der Waals surface area contributed by atoms with Crippen LogP contribution in [0.4, 0.5) is 0 Å². The van der Waals surface area contributed by atoms with E-state index in [0.29, 0.717) is 11.9 Å². The first-order valence-corrected chi connectivity index (χ1v) is 9.15. The molecule has 0 spiro atoms. The van der Waals surface area contributed by atoms with Crippen molar-refractivity contribution in [1.29, 1.82) is 0 Å². The number of hydrogen-bond donors (Lipinski definition) is 1. The molecule has 2 saturated heterocycles. The Morgan fingerprint density at radius 2 is 1.82 bits per heavy atom. The average Bonchev–Trinajstić information content (AvgIpc) is 3.16. The summed E-state index contributed by atoms with van der Waals surface area (Å²) in [6.45, 7) is 7.83. The maximum Gasteiger partial charge on any atom is 0.240 e. The Bertz CT molecular complexity index is 382. The highest BCUT2D eigenvalue weighted by atomic mass is 16.3. The zero-order chi connectivity index (χ0) is 15.5. The van der Waals surface area contributed by atoms with E-state index in [1.807, 2.05) is 0 Å². The molecule has 5 nitrogen and oxygen atoms in total. The van der Waals surface area contributed by atoms with Gasteiger partial charge in [0.2, 0.25) is 5.91 Å². The van der Waals surface area contributed by atoms with E-state index in [2.05, 4.69) is 21.6 Å². The molecule has 3 aliphatic rings. The molecule has 3 rings (SSSR count). The lowest BCUT2D eigenvalue weighted by molar-refractivity contribution is -0.138. The first kappa shape index (κ1) is 16.2. The SMILES string of the molecule is CCCN1CCC[C@@H]1C(=O)N1CCN([C@@H]2CCC[C@@H]2O)CC1. The predicted molar refractivity (Wildman–Crippen MR) is 86.7 cm³/mol. The molecule has 126 valence electrons. The molecule has 1 N–H and O–H groups in total. The van der Waals surface area contributed by atoms with Crippen LogP contribution < -0.4 is 0 Å². The molecule has 0 unspecified atom stereocenters. The van der Waals surface area contributed by atoms with Gasteiger partial charge in [-0.15, -0.1) is 0 Å². The summed E-state index contributed by atoms with van der Waals surface area (Å²) in [6.07, 6.45) is 6.35. The molecule has 0 aromatic rings. The topological polar surface area (TPSA) is 47.0 Å². The normalized spacial score (nSPS) is 34.5. The number of carbonyl (C=O) groups excluding carboxylic acids is 1. The summed E-state index contributed by atoms with van der Waals surface area (Å²) >= 11 is 0. The lowest BCUT2D eigenvalue weighted by Crippen LogP contribution is -2.56. The monoisotopic (exact) mass is 309 g/mol. The van der Waals surface area contributed by atoms with Crippen LogP contribution in [0.3, 0.4) is 0 Å². The summed E-state index contributed by atoms with van der Waals surface area (Å²) in [7, 11) is 0. The summed E-state index contributed by atoms with van der Waals surface area (Å²) in [4.78, 5) is 19.6. The van der Waals surface area contributed by atoms with E-state index in [1.165, 1.54) is 0 Å². The summed E-state index contributed by atoms with van der Waals surface area (Å²) in [5.74, 6) is 0.345. The zero-order valence-corrected chi connectivity index (χ0v) is 13.9. The van der Waals surface area contributed by atoms with Crippen LogP contribution in [0.5, 0.6) is 0 Å². The third-order valence-corrected chi connectivity index (χ3v) is 5.70. The van der Waals surface area contributed by atoms with Gasteiger partial charge in [-0.25, -0.2) is 0 Å². The molecule has 0 bridgehead atoms. The van der Waals surface area contributed by atoms with Crippen LogP contribution in [-0.2, 0) is 4.79 Å². The molecule has 5 heteroatoms. The quantitative estimate of drug-likeness (QED) is 0.839. The van der Waals surface area contributed by atoms with Gasteiger partial charge in [0.25, 0.3) is 0 Å². The first-order valence-electron chi connectivity index (χ1n) is 9.15. The first-order chi connectivity index (χ1) is 10.7. The molecule has 3 fully saturated rings. The number of rotatable bonds is 4. The number of carbonyl (C=O) groups is 1. The van der Waals surface area contributed by atoms with Crippen LogP contribution in [-0.4, -0.2) is 83.2 Å². The summed E-state index contributed by atoms with van der Waals surface area (Å²) in [5, 5.41) is 10.1. The van der Waals surface area contributed by atoms with Crippen LogP contribution in [0.15, 0.2) is 0 Å². The molecule has 2 heterocycles. The molecule has 0 aromatic carbocycles. The van der Waals surface area contributed by atoms with Crippen LogP contribution in [0.2, 0.25) is 0 Å². The fraction of sp³-hybridized carbons (Fsp3) is 0.941. The molecule has 0 aromatic heterocycles. The Labute approximate surface area is 134 Å². The third kappa shape index (κ3) is 3.31. The van der Waals surface area contributed by atoms with E-state index in [9.17, 15) is 9.90 Å². The minimum atomic E-state index is -0.155. The molecule has 3 atom stereocenters. The Morgan fingerprint density at radius 1 is 1.05 bits per heavy atom. The van der Waals surface area contributed by atoms with Crippen LogP contribution >= 0.6 is 0 Å². The van der Waals surface area contributed by atoms with Gasteiger partial charge in [-0.1, -0.05) is 6.92 Å². The number of nitrogens with zero attached hydrogens (tertiary/aromatic N) is 3. The van der Waals surface area contributed by atoms with Gasteiger partial charge in [0.05, 0.1) is 12.1 Å². The Balaban J connectivity index is 1.51. The standard InChI is InChI=1S/C17H31N3O2/c1-2-8-18-9-4-6-15(18)17(22)20-12-10-19(11-13-20)14-5-3-7-16(14)21/h14-16,21H,2-13H2,1H3/t14-,15-,16+/m1/s1. The van der Waals surface area contributed by atoms with Crippen molar-refractivity contribution < 1.29 is 9.90 Å². The van der Waals surface area contributed by atoms with Crippen LogP contribution in [0.25, 0.3) is 0 Å². The van der Waals surface area contributed by atoms with Crippen molar-refractivity contribution in [3.63, 3.8) is 0 Å². The second kappa shape index (κ2) is 7.28. The smallest absolute Gasteiger partial charge is 0.240 e. The van der Waals surface area contributed by atoms with Gasteiger partial charge < -0.3 is 10.0 Å². The van der Waals surface area contributed by atoms with Gasteiger partial charge in [0.1, 0.15) is 0 Å². The number of aliphatic hydroxyl groups is 1. The molecule has 1 aliphatic carbocycles. The van der Waals surface area contributed by atoms with Crippen molar-refractivity contribution in [2.45, 2.75) is 63.6 Å². The number of hydrogen-bond acceptors (Lipinski definition) is 4. The minimum absolute atomic E-state index is 0.128. The predicted octanol–water partition coefficient (Wildman–Crippen LogP) is 0.918. The number of amides is 1.